The van der Waals surface area contributed by atoms with Crippen LogP contribution in [0.3, 0.4) is 0 Å². The maximum Gasteiger partial charge on any atom is 0.308 e. The van der Waals surface area contributed by atoms with Crippen molar-refractivity contribution in [3.8, 4) is 17.2 Å². The average Bonchev–Trinajstić information content (AvgIpc) is 3.48. The minimum atomic E-state index is -0.843. The van der Waals surface area contributed by atoms with Crippen molar-refractivity contribution in [3.63, 3.8) is 0 Å². The summed E-state index contributed by atoms with van der Waals surface area (Å²) >= 11 is 0. The first kappa shape index (κ1) is 30.0. The van der Waals surface area contributed by atoms with Crippen molar-refractivity contribution >= 4 is 11.9 Å². The molecule has 2 heterocycles. The predicted octanol–water partition coefficient (Wildman–Crippen LogP) is 4.09. The minimum absolute atomic E-state index is 0.0400. The molecule has 0 aliphatic carbocycles. The van der Waals surface area contributed by atoms with Crippen molar-refractivity contribution in [1.82, 2.24) is 9.80 Å². The van der Waals surface area contributed by atoms with Gasteiger partial charge in [0.25, 0.3) is 0 Å². The zero-order valence-corrected chi connectivity index (χ0v) is 23.8. The third-order valence-electron chi connectivity index (χ3n) is 7.94. The topological polar surface area (TPSA) is 115 Å². The van der Waals surface area contributed by atoms with E-state index < -0.39 is 11.9 Å². The highest BCUT2D eigenvalue weighted by molar-refractivity contribution is 5.79. The first-order valence-electron chi connectivity index (χ1n) is 14.1. The zero-order valence-electron chi connectivity index (χ0n) is 23.8. The molecule has 1 unspecified atom stereocenters. The van der Waals surface area contributed by atoms with Gasteiger partial charge in [-0.15, -0.1) is 0 Å². The Morgan fingerprint density at radius 3 is 2.55 bits per heavy atom. The number of carbonyl (C=O) groups excluding carboxylic acids is 1. The molecule has 1 aromatic carbocycles. The summed E-state index contributed by atoms with van der Waals surface area (Å²) in [4.78, 5) is 30.4. The number of carboxylic acid groups (broad SMARTS) is 1. The Morgan fingerprint density at radius 1 is 1.18 bits per heavy atom. The number of nitrogens with zero attached hydrogens (tertiary/aromatic N) is 2. The highest BCUT2D eigenvalue weighted by Gasteiger charge is 2.49. The summed E-state index contributed by atoms with van der Waals surface area (Å²) in [6.07, 6.45) is 5.38. The molecule has 0 aromatic heterocycles. The molecule has 1 saturated heterocycles. The number of likely N-dealkylation sites (tertiary alicyclic amines) is 1. The summed E-state index contributed by atoms with van der Waals surface area (Å²) in [6, 6.07) is 3.46. The van der Waals surface area contributed by atoms with Crippen LogP contribution in [0.15, 0.2) is 12.1 Å². The van der Waals surface area contributed by atoms with Crippen molar-refractivity contribution in [3.05, 3.63) is 17.7 Å². The van der Waals surface area contributed by atoms with Crippen molar-refractivity contribution in [2.75, 3.05) is 46.6 Å². The molecule has 38 heavy (non-hydrogen) atoms. The van der Waals surface area contributed by atoms with E-state index in [2.05, 4.69) is 32.6 Å². The number of carbonyl (C=O) groups is 2. The summed E-state index contributed by atoms with van der Waals surface area (Å²) in [6.45, 7) is 11.3. The zero-order chi connectivity index (χ0) is 27.9. The van der Waals surface area contributed by atoms with E-state index in [1.54, 1.807) is 7.11 Å². The Morgan fingerprint density at radius 2 is 1.92 bits per heavy atom. The van der Waals surface area contributed by atoms with Gasteiger partial charge in [-0.3, -0.25) is 14.5 Å². The van der Waals surface area contributed by atoms with E-state index in [0.717, 1.165) is 37.7 Å². The van der Waals surface area contributed by atoms with Crippen LogP contribution < -0.4 is 19.9 Å². The molecule has 1 amide bonds. The lowest BCUT2D eigenvalue weighted by molar-refractivity contribution is -0.144. The molecule has 0 spiro atoms. The van der Waals surface area contributed by atoms with Gasteiger partial charge < -0.3 is 30.0 Å². The fourth-order valence-corrected chi connectivity index (χ4v) is 6.06. The van der Waals surface area contributed by atoms with E-state index in [0.29, 0.717) is 49.8 Å². The van der Waals surface area contributed by atoms with E-state index in [1.165, 1.54) is 0 Å². The largest absolute Gasteiger partial charge is 0.493 e. The molecular formula is C29H47N3O6. The Bertz CT molecular complexity index is 944. The number of ether oxygens (including phenoxy) is 3. The molecule has 2 aliphatic rings. The monoisotopic (exact) mass is 533 g/mol. The predicted molar refractivity (Wildman–Crippen MR) is 147 cm³/mol. The van der Waals surface area contributed by atoms with E-state index in [-0.39, 0.29) is 36.6 Å². The number of amides is 1. The molecule has 0 saturated carbocycles. The molecule has 0 bridgehead atoms. The Labute approximate surface area is 227 Å². The lowest BCUT2D eigenvalue weighted by Gasteiger charge is -2.35. The summed E-state index contributed by atoms with van der Waals surface area (Å²) in [5.74, 6) is -0.155. The smallest absolute Gasteiger partial charge is 0.308 e. The number of methoxy groups -OCH3 is 1. The Hall–Kier alpha value is -2.52. The van der Waals surface area contributed by atoms with Gasteiger partial charge in [-0.1, -0.05) is 40.5 Å². The Balaban J connectivity index is 1.96. The van der Waals surface area contributed by atoms with Gasteiger partial charge in [0.05, 0.1) is 19.6 Å². The third kappa shape index (κ3) is 7.11. The van der Waals surface area contributed by atoms with Crippen LogP contribution in [0.5, 0.6) is 17.2 Å². The van der Waals surface area contributed by atoms with Crippen molar-refractivity contribution in [1.29, 1.82) is 0 Å². The van der Waals surface area contributed by atoms with Gasteiger partial charge in [0, 0.05) is 31.6 Å². The molecule has 1 fully saturated rings. The lowest BCUT2D eigenvalue weighted by Crippen LogP contribution is -2.46. The lowest BCUT2D eigenvalue weighted by atomic mass is 9.76. The quantitative estimate of drug-likeness (QED) is 0.347. The number of nitrogens with two attached hydrogens (primary N) is 1. The van der Waals surface area contributed by atoms with Crippen LogP contribution in [0.2, 0.25) is 0 Å². The molecule has 1 aromatic rings. The number of aliphatic carboxylic acids is 1. The highest BCUT2D eigenvalue weighted by atomic mass is 16.7. The maximum atomic E-state index is 13.6. The molecule has 214 valence electrons. The normalized spacial score (nSPS) is 21.1. The van der Waals surface area contributed by atoms with Gasteiger partial charge in [-0.2, -0.15) is 0 Å². The number of hydrogen-bond acceptors (Lipinski definition) is 7. The van der Waals surface area contributed by atoms with Crippen molar-refractivity contribution in [2.24, 2.45) is 17.1 Å². The number of carboxylic acids is 1. The van der Waals surface area contributed by atoms with Crippen molar-refractivity contribution < 1.29 is 28.9 Å². The number of rotatable bonds is 15. The van der Waals surface area contributed by atoms with Gasteiger partial charge >= 0.3 is 5.97 Å². The molecule has 3 N–H and O–H groups in total. The standard InChI is InChI=1S/C29H47N3O6/c1-6-8-12-31(13-9-11-30)25(33)18-32-17-21(20-14-23(36-5)27-24(15-20)37-19-38-27)26(28(34)35)22(32)16-29(3,4)10-7-2/h14-15,21-22,26H,6-13,16-19,30H2,1-5H3,(H,34,35)/t21-,22+,26?/m1/s1. The van der Waals surface area contributed by atoms with Gasteiger partial charge in [-0.25, -0.2) is 0 Å². The van der Waals surface area contributed by atoms with Gasteiger partial charge in [-0.05, 0) is 55.3 Å². The first-order valence-corrected chi connectivity index (χ1v) is 14.1. The third-order valence-corrected chi connectivity index (χ3v) is 7.94. The summed E-state index contributed by atoms with van der Waals surface area (Å²) in [5.41, 5.74) is 6.52. The summed E-state index contributed by atoms with van der Waals surface area (Å²) in [5, 5.41) is 10.5. The summed E-state index contributed by atoms with van der Waals surface area (Å²) < 4.78 is 16.8. The molecule has 3 atom stereocenters. The molecular weight excluding hydrogens is 486 g/mol. The van der Waals surface area contributed by atoms with E-state index in [4.69, 9.17) is 19.9 Å². The SMILES string of the molecule is CCCCN(CCCN)C(=O)CN1C[C@H](c2cc(OC)c3c(c2)OCO3)C(C(=O)O)[C@@H]1CC(C)(C)CCC. The molecule has 9 heteroatoms. The van der Waals surface area contributed by atoms with Crippen LogP contribution in [0.4, 0.5) is 0 Å². The van der Waals surface area contributed by atoms with Gasteiger partial charge in [0.1, 0.15) is 0 Å². The second-order valence-corrected chi connectivity index (χ2v) is 11.4. The van der Waals surface area contributed by atoms with Crippen molar-refractivity contribution in [2.45, 2.75) is 78.2 Å². The second-order valence-electron chi connectivity index (χ2n) is 11.4. The van der Waals surface area contributed by atoms with Crippen LogP contribution in [-0.4, -0.2) is 79.5 Å². The van der Waals surface area contributed by atoms with Crippen LogP contribution in [-0.2, 0) is 9.59 Å². The van der Waals surface area contributed by atoms with E-state index >= 15 is 0 Å². The fourth-order valence-electron chi connectivity index (χ4n) is 6.06. The minimum Gasteiger partial charge on any atom is -0.493 e. The Kier molecular flexibility index (Phi) is 10.7. The van der Waals surface area contributed by atoms with E-state index in [9.17, 15) is 14.7 Å². The number of benzene rings is 1. The van der Waals surface area contributed by atoms with Crippen LogP contribution in [0.25, 0.3) is 0 Å². The van der Waals surface area contributed by atoms with E-state index in [1.807, 2.05) is 17.0 Å². The fraction of sp³-hybridized carbons (Fsp3) is 0.724. The number of fused-ring (bicyclic) bond motifs is 1. The van der Waals surface area contributed by atoms with Crippen LogP contribution in [0.1, 0.15) is 77.7 Å². The summed E-state index contributed by atoms with van der Waals surface area (Å²) in [7, 11) is 1.57. The number of unbranched alkanes of at least 4 members (excludes halogenated alkanes) is 1. The average molecular weight is 534 g/mol. The molecule has 3 rings (SSSR count). The van der Waals surface area contributed by atoms with Crippen LogP contribution >= 0.6 is 0 Å². The molecule has 9 nitrogen and oxygen atoms in total. The van der Waals surface area contributed by atoms with Gasteiger partial charge in [0.2, 0.25) is 18.4 Å². The molecule has 0 radical (unpaired) electrons. The molecule has 2 aliphatic heterocycles. The second kappa shape index (κ2) is 13.5. The van der Waals surface area contributed by atoms with Crippen LogP contribution in [0, 0.1) is 11.3 Å². The van der Waals surface area contributed by atoms with Gasteiger partial charge in [0.15, 0.2) is 11.5 Å². The first-order chi connectivity index (χ1) is 18.1. The maximum absolute atomic E-state index is 13.6. The highest BCUT2D eigenvalue weighted by Crippen LogP contribution is 2.48. The number of hydrogen-bond donors (Lipinski definition) is 2.